The first-order chi connectivity index (χ1) is 9.52. The van der Waals surface area contributed by atoms with E-state index in [2.05, 4.69) is 0 Å². The van der Waals surface area contributed by atoms with Gasteiger partial charge in [-0.3, -0.25) is 10.1 Å². The third-order valence-electron chi connectivity index (χ3n) is 3.07. The highest BCUT2D eigenvalue weighted by atomic mass is 16.6. The molecule has 2 rings (SSSR count). The molecule has 0 N–H and O–H groups in total. The van der Waals surface area contributed by atoms with Gasteiger partial charge in [-0.05, 0) is 36.8 Å². The molecule has 2 aromatic carbocycles. The first-order valence-corrected chi connectivity index (χ1v) is 6.02. The highest BCUT2D eigenvalue weighted by molar-refractivity contribution is 5.67. The number of nitro groups is 1. The summed E-state index contributed by atoms with van der Waals surface area (Å²) < 4.78 is 0. The number of nitrogens with zero attached hydrogens (tertiary/aromatic N) is 3. The molecule has 0 bridgehead atoms. The van der Waals surface area contributed by atoms with Crippen molar-refractivity contribution in [2.75, 3.05) is 11.9 Å². The van der Waals surface area contributed by atoms with Gasteiger partial charge >= 0.3 is 0 Å². The van der Waals surface area contributed by atoms with E-state index in [1.54, 1.807) is 6.07 Å². The molecule has 0 aliphatic rings. The molecule has 0 heterocycles. The minimum Gasteiger partial charge on any atom is -0.345 e. The van der Waals surface area contributed by atoms with Gasteiger partial charge in [0.2, 0.25) is 0 Å². The lowest BCUT2D eigenvalue weighted by atomic mass is 10.1. The lowest BCUT2D eigenvalue weighted by Gasteiger charge is -2.20. The van der Waals surface area contributed by atoms with Gasteiger partial charge in [0.05, 0.1) is 4.92 Å². The summed E-state index contributed by atoms with van der Waals surface area (Å²) >= 11 is 0. The van der Waals surface area contributed by atoms with E-state index >= 15 is 0 Å². The van der Waals surface area contributed by atoms with Crippen LogP contribution in [0.25, 0.3) is 0 Å². The summed E-state index contributed by atoms with van der Waals surface area (Å²) in [5, 5.41) is 19.8. The number of aryl methyl sites for hydroxylation is 1. The standard InChI is InChI=1S/C15H13N3O2/c1-11-4-3-5-13(8-11)17(2)14-6-7-15(18(19)20)12(9-14)10-16/h3-9H,1-2H3. The fourth-order valence-corrected chi connectivity index (χ4v) is 1.97. The van der Waals surface area contributed by atoms with Crippen molar-refractivity contribution in [2.45, 2.75) is 6.92 Å². The lowest BCUT2D eigenvalue weighted by Crippen LogP contribution is -2.10. The molecule has 0 aliphatic carbocycles. The Balaban J connectivity index is 2.44. The molecule has 0 spiro atoms. The summed E-state index contributed by atoms with van der Waals surface area (Å²) in [6.07, 6.45) is 0. The molecule has 2 aromatic rings. The van der Waals surface area contributed by atoms with E-state index in [0.29, 0.717) is 0 Å². The van der Waals surface area contributed by atoms with E-state index < -0.39 is 4.92 Å². The summed E-state index contributed by atoms with van der Waals surface area (Å²) in [7, 11) is 1.86. The number of rotatable bonds is 3. The molecule has 0 aromatic heterocycles. The van der Waals surface area contributed by atoms with E-state index in [9.17, 15) is 10.1 Å². The maximum atomic E-state index is 10.8. The number of hydrogen-bond acceptors (Lipinski definition) is 4. The Morgan fingerprint density at radius 3 is 2.50 bits per heavy atom. The van der Waals surface area contributed by atoms with Crippen molar-refractivity contribution in [1.29, 1.82) is 5.26 Å². The number of nitriles is 1. The van der Waals surface area contributed by atoms with Crippen molar-refractivity contribution in [3.63, 3.8) is 0 Å². The molecule has 5 heteroatoms. The van der Waals surface area contributed by atoms with Crippen LogP contribution in [0, 0.1) is 28.4 Å². The first-order valence-electron chi connectivity index (χ1n) is 6.02. The van der Waals surface area contributed by atoms with Crippen LogP contribution in [0.2, 0.25) is 0 Å². The normalized spacial score (nSPS) is 9.85. The number of benzene rings is 2. The fraction of sp³-hybridized carbons (Fsp3) is 0.133. The quantitative estimate of drug-likeness (QED) is 0.630. The van der Waals surface area contributed by atoms with Crippen molar-refractivity contribution in [3.8, 4) is 6.07 Å². The van der Waals surface area contributed by atoms with E-state index in [1.165, 1.54) is 12.1 Å². The summed E-state index contributed by atoms with van der Waals surface area (Å²) in [6.45, 7) is 1.99. The van der Waals surface area contributed by atoms with Gasteiger partial charge < -0.3 is 4.90 Å². The molecule has 20 heavy (non-hydrogen) atoms. The van der Waals surface area contributed by atoms with E-state index in [0.717, 1.165) is 16.9 Å². The topological polar surface area (TPSA) is 70.2 Å². The molecule has 0 unspecified atom stereocenters. The molecule has 100 valence electrons. The van der Waals surface area contributed by atoms with Crippen LogP contribution in [0.5, 0.6) is 0 Å². The first kappa shape index (κ1) is 13.6. The average molecular weight is 267 g/mol. The van der Waals surface area contributed by atoms with Crippen molar-refractivity contribution in [3.05, 3.63) is 63.7 Å². The van der Waals surface area contributed by atoms with Crippen LogP contribution in [-0.4, -0.2) is 12.0 Å². The molecule has 0 amide bonds. The van der Waals surface area contributed by atoms with Crippen LogP contribution in [0.15, 0.2) is 42.5 Å². The van der Waals surface area contributed by atoms with E-state index in [4.69, 9.17) is 5.26 Å². The Bertz CT molecular complexity index is 705. The summed E-state index contributed by atoms with van der Waals surface area (Å²) in [6, 6.07) is 14.3. The van der Waals surface area contributed by atoms with Gasteiger partial charge in [-0.2, -0.15) is 5.26 Å². The lowest BCUT2D eigenvalue weighted by molar-refractivity contribution is -0.385. The number of anilines is 2. The summed E-state index contributed by atoms with van der Waals surface area (Å²) in [5.41, 5.74) is 2.71. The van der Waals surface area contributed by atoms with Crippen molar-refractivity contribution < 1.29 is 4.92 Å². The highest BCUT2D eigenvalue weighted by Gasteiger charge is 2.15. The number of nitro benzene ring substituents is 1. The zero-order valence-corrected chi connectivity index (χ0v) is 11.2. The van der Waals surface area contributed by atoms with Gasteiger partial charge in [-0.1, -0.05) is 12.1 Å². The van der Waals surface area contributed by atoms with E-state index in [1.807, 2.05) is 49.2 Å². The largest absolute Gasteiger partial charge is 0.345 e. The van der Waals surface area contributed by atoms with Crippen molar-refractivity contribution >= 4 is 17.1 Å². The smallest absolute Gasteiger partial charge is 0.287 e. The van der Waals surface area contributed by atoms with Gasteiger partial charge in [0.15, 0.2) is 0 Å². The molecule has 0 saturated carbocycles. The van der Waals surface area contributed by atoms with Gasteiger partial charge in [-0.15, -0.1) is 0 Å². The third kappa shape index (κ3) is 2.59. The second kappa shape index (κ2) is 5.41. The van der Waals surface area contributed by atoms with Crippen LogP contribution in [-0.2, 0) is 0 Å². The Labute approximate surface area is 116 Å². The zero-order valence-electron chi connectivity index (χ0n) is 11.2. The molecule has 0 saturated heterocycles. The van der Waals surface area contributed by atoms with Crippen molar-refractivity contribution in [1.82, 2.24) is 0 Å². The van der Waals surface area contributed by atoms with E-state index in [-0.39, 0.29) is 11.3 Å². The summed E-state index contributed by atoms with van der Waals surface area (Å²) in [4.78, 5) is 12.2. The second-order valence-electron chi connectivity index (χ2n) is 4.47. The monoisotopic (exact) mass is 267 g/mol. The highest BCUT2D eigenvalue weighted by Crippen LogP contribution is 2.28. The Hall–Kier alpha value is -2.87. The van der Waals surface area contributed by atoms with Crippen LogP contribution < -0.4 is 4.90 Å². The van der Waals surface area contributed by atoms with Gasteiger partial charge in [-0.25, -0.2) is 0 Å². The zero-order chi connectivity index (χ0) is 14.7. The summed E-state index contributed by atoms with van der Waals surface area (Å²) in [5.74, 6) is 0. The molecule has 0 radical (unpaired) electrons. The molecular weight excluding hydrogens is 254 g/mol. The minimum atomic E-state index is -0.547. The fourth-order valence-electron chi connectivity index (χ4n) is 1.97. The van der Waals surface area contributed by atoms with Crippen LogP contribution in [0.1, 0.15) is 11.1 Å². The van der Waals surface area contributed by atoms with Crippen LogP contribution in [0.3, 0.4) is 0 Å². The van der Waals surface area contributed by atoms with Crippen LogP contribution >= 0.6 is 0 Å². The van der Waals surface area contributed by atoms with Gasteiger partial charge in [0, 0.05) is 24.5 Å². The third-order valence-corrected chi connectivity index (χ3v) is 3.07. The maximum Gasteiger partial charge on any atom is 0.287 e. The molecule has 0 aliphatic heterocycles. The minimum absolute atomic E-state index is 0.0620. The molecule has 0 atom stereocenters. The van der Waals surface area contributed by atoms with Gasteiger partial charge in [0.25, 0.3) is 5.69 Å². The Morgan fingerprint density at radius 2 is 1.90 bits per heavy atom. The van der Waals surface area contributed by atoms with Gasteiger partial charge in [0.1, 0.15) is 11.6 Å². The predicted molar refractivity (Wildman–Crippen MR) is 77.1 cm³/mol. The second-order valence-corrected chi connectivity index (χ2v) is 4.47. The number of hydrogen-bond donors (Lipinski definition) is 0. The molecule has 5 nitrogen and oxygen atoms in total. The molecule has 0 fully saturated rings. The Kier molecular flexibility index (Phi) is 3.67. The average Bonchev–Trinajstić information content (AvgIpc) is 2.45. The maximum absolute atomic E-state index is 10.8. The Morgan fingerprint density at radius 1 is 1.20 bits per heavy atom. The SMILES string of the molecule is Cc1cccc(N(C)c2ccc([N+](=O)[O-])c(C#N)c2)c1. The van der Waals surface area contributed by atoms with Crippen molar-refractivity contribution in [2.24, 2.45) is 0 Å². The van der Waals surface area contributed by atoms with Crippen LogP contribution in [0.4, 0.5) is 17.1 Å². The predicted octanol–water partition coefficient (Wildman–Crippen LogP) is 3.54. The molecular formula is C15H13N3O2.